The van der Waals surface area contributed by atoms with Gasteiger partial charge in [0.25, 0.3) is 0 Å². The van der Waals surface area contributed by atoms with Gasteiger partial charge >= 0.3 is 13.1 Å². The third kappa shape index (κ3) is 3.50. The number of carbonyl (C=O) groups excluding carboxylic acids is 1. The zero-order chi connectivity index (χ0) is 16.4. The highest BCUT2D eigenvalue weighted by Crippen LogP contribution is 2.37. The summed E-state index contributed by atoms with van der Waals surface area (Å²) in [5.41, 5.74) is 0.152. The predicted molar refractivity (Wildman–Crippen MR) is 87.5 cm³/mol. The lowest BCUT2D eigenvalue weighted by molar-refractivity contribution is 0.00578. The van der Waals surface area contributed by atoms with Gasteiger partial charge in [0.15, 0.2) is 0 Å². The molecule has 0 radical (unpaired) electrons. The predicted octanol–water partition coefficient (Wildman–Crippen LogP) is 3.17. The molecule has 4 nitrogen and oxygen atoms in total. The smallest absolute Gasteiger partial charge is 0.465 e. The monoisotopic (exact) mass is 312 g/mol. The van der Waals surface area contributed by atoms with Crippen molar-refractivity contribution in [1.29, 1.82) is 0 Å². The standard InChI is InChI=1S/C13H19BO4S.C2H6/c1-8-9(7-10(19-8)11(15)16-6)14-17-12(2,3)13(4,5)18-14;1-2/h7H,1-6H3;1-2H3. The van der Waals surface area contributed by atoms with Crippen molar-refractivity contribution >= 4 is 29.9 Å². The fraction of sp³-hybridized carbons (Fsp3) is 0.667. The Labute approximate surface area is 131 Å². The Morgan fingerprint density at radius 1 is 1.19 bits per heavy atom. The highest BCUT2D eigenvalue weighted by molar-refractivity contribution is 7.15. The Kier molecular flexibility index (Phi) is 5.64. The van der Waals surface area contributed by atoms with Crippen LogP contribution < -0.4 is 5.46 Å². The minimum absolute atomic E-state index is 0.323. The average molecular weight is 312 g/mol. The van der Waals surface area contributed by atoms with Crippen molar-refractivity contribution < 1.29 is 18.8 Å². The van der Waals surface area contributed by atoms with Crippen LogP contribution in [0.3, 0.4) is 0 Å². The number of thiophene rings is 1. The number of hydrogen-bond acceptors (Lipinski definition) is 5. The third-order valence-corrected chi connectivity index (χ3v) is 4.90. The number of carbonyl (C=O) groups is 1. The number of rotatable bonds is 2. The van der Waals surface area contributed by atoms with Crippen molar-refractivity contribution in [3.05, 3.63) is 15.8 Å². The van der Waals surface area contributed by atoms with Crippen molar-refractivity contribution in [2.75, 3.05) is 7.11 Å². The van der Waals surface area contributed by atoms with Crippen molar-refractivity contribution in [3.63, 3.8) is 0 Å². The highest BCUT2D eigenvalue weighted by atomic mass is 32.1. The molecule has 6 heteroatoms. The SMILES string of the molecule is CC.COC(=O)c1cc(B2OC(C)(C)C(C)(C)O2)c(C)s1. The second kappa shape index (κ2) is 6.50. The van der Waals surface area contributed by atoms with Crippen LogP contribution in [-0.4, -0.2) is 31.4 Å². The first kappa shape index (κ1) is 18.2. The van der Waals surface area contributed by atoms with Crippen molar-refractivity contribution in [1.82, 2.24) is 0 Å². The molecule has 0 aliphatic carbocycles. The lowest BCUT2D eigenvalue weighted by Crippen LogP contribution is -2.41. The zero-order valence-electron chi connectivity index (χ0n) is 14.2. The molecule has 1 saturated heterocycles. The number of hydrogen-bond donors (Lipinski definition) is 0. The Bertz CT molecular complexity index is 492. The van der Waals surface area contributed by atoms with Gasteiger partial charge in [0.1, 0.15) is 4.88 Å². The normalized spacial score (nSPS) is 19.0. The van der Waals surface area contributed by atoms with Crippen LogP contribution in [0.15, 0.2) is 6.07 Å². The van der Waals surface area contributed by atoms with E-state index in [-0.39, 0.29) is 17.2 Å². The molecular weight excluding hydrogens is 287 g/mol. The Morgan fingerprint density at radius 2 is 1.67 bits per heavy atom. The maximum atomic E-state index is 11.6. The summed E-state index contributed by atoms with van der Waals surface area (Å²) >= 11 is 1.40. The molecule has 2 heterocycles. The second-order valence-electron chi connectivity index (χ2n) is 5.70. The van der Waals surface area contributed by atoms with Gasteiger partial charge in [0.05, 0.1) is 18.3 Å². The first-order valence-corrected chi connectivity index (χ1v) is 8.04. The lowest BCUT2D eigenvalue weighted by Gasteiger charge is -2.32. The molecule has 0 atom stereocenters. The van der Waals surface area contributed by atoms with E-state index in [2.05, 4.69) is 0 Å². The summed E-state index contributed by atoms with van der Waals surface area (Å²) in [4.78, 5) is 13.1. The molecule has 1 aliphatic heterocycles. The van der Waals surface area contributed by atoms with Crippen LogP contribution in [0.5, 0.6) is 0 Å². The van der Waals surface area contributed by atoms with E-state index in [0.717, 1.165) is 10.3 Å². The minimum Gasteiger partial charge on any atom is -0.465 e. The molecule has 0 saturated carbocycles. The molecule has 1 fully saturated rings. The molecule has 1 aromatic rings. The van der Waals surface area contributed by atoms with E-state index in [1.54, 1.807) is 6.07 Å². The van der Waals surface area contributed by atoms with Crippen molar-refractivity contribution in [3.8, 4) is 0 Å². The van der Waals surface area contributed by atoms with Crippen LogP contribution in [0.4, 0.5) is 0 Å². The summed E-state index contributed by atoms with van der Waals surface area (Å²) in [6, 6.07) is 1.80. The van der Waals surface area contributed by atoms with E-state index in [4.69, 9.17) is 14.0 Å². The molecular formula is C15H25BO4S. The summed E-state index contributed by atoms with van der Waals surface area (Å²) in [7, 11) is 0.950. The second-order valence-corrected chi connectivity index (χ2v) is 6.96. The van der Waals surface area contributed by atoms with Crippen LogP contribution in [0.1, 0.15) is 56.1 Å². The summed E-state index contributed by atoms with van der Waals surface area (Å²) in [5.74, 6) is -0.323. The number of ether oxygens (including phenoxy) is 1. The fourth-order valence-electron chi connectivity index (χ4n) is 1.90. The number of aryl methyl sites for hydroxylation is 1. The van der Waals surface area contributed by atoms with Crippen LogP contribution in [0.25, 0.3) is 0 Å². The molecule has 0 unspecified atom stereocenters. The molecule has 0 amide bonds. The van der Waals surface area contributed by atoms with E-state index in [1.165, 1.54) is 18.4 Å². The lowest BCUT2D eigenvalue weighted by atomic mass is 9.79. The average Bonchev–Trinajstić information content (AvgIpc) is 2.89. The number of methoxy groups -OCH3 is 1. The van der Waals surface area contributed by atoms with E-state index >= 15 is 0 Å². The largest absolute Gasteiger partial charge is 0.495 e. The zero-order valence-corrected chi connectivity index (χ0v) is 15.0. The molecule has 0 aromatic carbocycles. The van der Waals surface area contributed by atoms with Crippen molar-refractivity contribution in [2.45, 2.75) is 59.7 Å². The van der Waals surface area contributed by atoms with E-state index in [9.17, 15) is 4.79 Å². The van der Waals surface area contributed by atoms with Gasteiger partial charge in [-0.3, -0.25) is 0 Å². The van der Waals surface area contributed by atoms with Crippen LogP contribution in [-0.2, 0) is 14.0 Å². The van der Waals surface area contributed by atoms with E-state index in [0.29, 0.717) is 4.88 Å². The van der Waals surface area contributed by atoms with Gasteiger partial charge in [-0.2, -0.15) is 0 Å². The molecule has 0 N–H and O–H groups in total. The van der Waals surface area contributed by atoms with Crippen LogP contribution in [0, 0.1) is 6.92 Å². The third-order valence-electron chi connectivity index (χ3n) is 3.85. The fourth-order valence-corrected chi connectivity index (χ4v) is 2.86. The van der Waals surface area contributed by atoms with Gasteiger partial charge in [-0.1, -0.05) is 13.8 Å². The summed E-state index contributed by atoms with van der Waals surface area (Å²) in [6.45, 7) is 14.0. The molecule has 1 aliphatic rings. The number of esters is 1. The Balaban J connectivity index is 0.00000106. The molecule has 118 valence electrons. The molecule has 0 spiro atoms. The van der Waals surface area contributed by atoms with Gasteiger partial charge in [-0.25, -0.2) is 4.79 Å². The first-order valence-electron chi connectivity index (χ1n) is 7.22. The molecule has 21 heavy (non-hydrogen) atoms. The summed E-state index contributed by atoms with van der Waals surface area (Å²) in [6.07, 6.45) is 0. The van der Waals surface area contributed by atoms with Gasteiger partial charge in [-0.15, -0.1) is 11.3 Å². The first-order chi connectivity index (χ1) is 9.68. The van der Waals surface area contributed by atoms with Gasteiger partial charge in [0, 0.05) is 4.88 Å². The summed E-state index contributed by atoms with van der Waals surface area (Å²) in [5, 5.41) is 0. The maximum Gasteiger partial charge on any atom is 0.495 e. The summed E-state index contributed by atoms with van der Waals surface area (Å²) < 4.78 is 16.7. The Hall–Kier alpha value is -0.845. The minimum atomic E-state index is -0.431. The van der Waals surface area contributed by atoms with Gasteiger partial charge in [-0.05, 0) is 46.1 Å². The van der Waals surface area contributed by atoms with E-state index < -0.39 is 7.12 Å². The quantitative estimate of drug-likeness (QED) is 0.621. The topological polar surface area (TPSA) is 44.8 Å². The van der Waals surface area contributed by atoms with Crippen molar-refractivity contribution in [2.24, 2.45) is 0 Å². The van der Waals surface area contributed by atoms with E-state index in [1.807, 2.05) is 48.5 Å². The molecule has 1 aromatic heterocycles. The highest BCUT2D eigenvalue weighted by Gasteiger charge is 2.52. The Morgan fingerprint density at radius 3 is 2.10 bits per heavy atom. The van der Waals surface area contributed by atoms with Crippen LogP contribution >= 0.6 is 11.3 Å². The van der Waals surface area contributed by atoms with Gasteiger partial charge < -0.3 is 14.0 Å². The molecule has 2 rings (SSSR count). The van der Waals surface area contributed by atoms with Crippen LogP contribution in [0.2, 0.25) is 0 Å². The maximum absolute atomic E-state index is 11.6. The molecule has 0 bridgehead atoms. The van der Waals surface area contributed by atoms with Gasteiger partial charge in [0.2, 0.25) is 0 Å².